The van der Waals surface area contributed by atoms with Crippen LogP contribution in [-0.2, 0) is 16.0 Å². The summed E-state index contributed by atoms with van der Waals surface area (Å²) < 4.78 is 5.36. The Kier molecular flexibility index (Phi) is 4.62. The molecule has 84 valence electrons. The van der Waals surface area contributed by atoms with Crippen LogP contribution in [0.5, 0.6) is 0 Å². The lowest BCUT2D eigenvalue weighted by Gasteiger charge is -2.20. The summed E-state index contributed by atoms with van der Waals surface area (Å²) in [4.78, 5) is -0.303. The maximum atomic E-state index is 6.34. The molecule has 0 saturated heterocycles. The number of alkyl halides is 1. The highest BCUT2D eigenvalue weighted by molar-refractivity contribution is 6.23. The van der Waals surface area contributed by atoms with Crippen LogP contribution in [0.1, 0.15) is 31.9 Å². The fourth-order valence-electron chi connectivity index (χ4n) is 1.64. The Morgan fingerprint density at radius 3 is 2.53 bits per heavy atom. The first-order valence-electron chi connectivity index (χ1n) is 5.40. The molecule has 0 heterocycles. The summed E-state index contributed by atoms with van der Waals surface area (Å²) >= 11 is 6.34. The van der Waals surface area contributed by atoms with Crippen LogP contribution in [0.25, 0.3) is 0 Å². The number of benzene rings is 1. The largest absolute Gasteiger partial charge is 0.381 e. The highest BCUT2D eigenvalue weighted by Gasteiger charge is 2.19. The maximum absolute atomic E-state index is 6.34. The number of halogens is 1. The minimum Gasteiger partial charge on any atom is -0.381 e. The van der Waals surface area contributed by atoms with E-state index >= 15 is 0 Å². The van der Waals surface area contributed by atoms with E-state index in [9.17, 15) is 0 Å². The van der Waals surface area contributed by atoms with Crippen LogP contribution >= 0.6 is 11.6 Å². The van der Waals surface area contributed by atoms with Gasteiger partial charge in [0.05, 0.1) is 11.5 Å². The minimum absolute atomic E-state index is 0.303. The highest BCUT2D eigenvalue weighted by atomic mass is 35.5. The molecule has 0 radical (unpaired) electrons. The van der Waals surface area contributed by atoms with E-state index in [4.69, 9.17) is 16.3 Å². The standard InChI is InChI=1S/C13H19ClO/c1-4-15-10-9-11-7-5-6-8-12(11)13(2,3)14/h5-8H,4,9-10H2,1-3H3. The van der Waals surface area contributed by atoms with Crippen molar-refractivity contribution in [3.63, 3.8) is 0 Å². The fourth-order valence-corrected chi connectivity index (χ4v) is 1.83. The van der Waals surface area contributed by atoms with Crippen molar-refractivity contribution >= 4 is 11.6 Å². The van der Waals surface area contributed by atoms with Gasteiger partial charge in [0.15, 0.2) is 0 Å². The van der Waals surface area contributed by atoms with E-state index in [1.54, 1.807) is 0 Å². The van der Waals surface area contributed by atoms with E-state index in [0.717, 1.165) is 19.6 Å². The van der Waals surface area contributed by atoms with Gasteiger partial charge in [-0.2, -0.15) is 0 Å². The van der Waals surface area contributed by atoms with E-state index < -0.39 is 0 Å². The van der Waals surface area contributed by atoms with Gasteiger partial charge in [0, 0.05) is 6.61 Å². The summed E-state index contributed by atoms with van der Waals surface area (Å²) in [5.74, 6) is 0. The molecule has 0 aliphatic rings. The van der Waals surface area contributed by atoms with E-state index in [1.807, 2.05) is 32.9 Å². The summed E-state index contributed by atoms with van der Waals surface area (Å²) in [6.07, 6.45) is 0.931. The zero-order valence-electron chi connectivity index (χ0n) is 9.72. The lowest BCUT2D eigenvalue weighted by atomic mass is 9.95. The molecule has 0 saturated carbocycles. The molecule has 0 amide bonds. The highest BCUT2D eigenvalue weighted by Crippen LogP contribution is 2.30. The van der Waals surface area contributed by atoms with Crippen molar-refractivity contribution in [3.05, 3.63) is 35.4 Å². The van der Waals surface area contributed by atoms with Gasteiger partial charge in [-0.25, -0.2) is 0 Å². The first-order chi connectivity index (χ1) is 7.05. The van der Waals surface area contributed by atoms with Crippen LogP contribution in [0, 0.1) is 0 Å². The molecule has 0 fully saturated rings. The van der Waals surface area contributed by atoms with Crippen LogP contribution in [0.15, 0.2) is 24.3 Å². The molecule has 0 unspecified atom stereocenters. The Balaban J connectivity index is 2.78. The van der Waals surface area contributed by atoms with Gasteiger partial charge in [0.1, 0.15) is 0 Å². The second-order valence-corrected chi connectivity index (χ2v) is 5.02. The van der Waals surface area contributed by atoms with Gasteiger partial charge < -0.3 is 4.74 Å². The van der Waals surface area contributed by atoms with Crippen molar-refractivity contribution in [2.75, 3.05) is 13.2 Å². The van der Waals surface area contributed by atoms with E-state index in [0.29, 0.717) is 0 Å². The molecule has 0 aliphatic heterocycles. The first kappa shape index (κ1) is 12.5. The number of hydrogen-bond donors (Lipinski definition) is 0. The Labute approximate surface area is 97.4 Å². The Bertz CT molecular complexity index is 302. The Morgan fingerprint density at radius 2 is 1.93 bits per heavy atom. The minimum atomic E-state index is -0.303. The van der Waals surface area contributed by atoms with E-state index in [2.05, 4.69) is 12.1 Å². The summed E-state index contributed by atoms with van der Waals surface area (Å²) in [7, 11) is 0. The van der Waals surface area contributed by atoms with Gasteiger partial charge in [0.25, 0.3) is 0 Å². The lowest BCUT2D eigenvalue weighted by Crippen LogP contribution is -2.12. The van der Waals surface area contributed by atoms with Crippen LogP contribution < -0.4 is 0 Å². The van der Waals surface area contributed by atoms with Crippen LogP contribution in [-0.4, -0.2) is 13.2 Å². The topological polar surface area (TPSA) is 9.23 Å². The Hall–Kier alpha value is -0.530. The zero-order chi connectivity index (χ0) is 11.3. The third-order valence-electron chi connectivity index (χ3n) is 2.38. The SMILES string of the molecule is CCOCCc1ccccc1C(C)(C)Cl. The maximum Gasteiger partial charge on any atom is 0.0641 e. The van der Waals surface area contributed by atoms with Crippen molar-refractivity contribution in [3.8, 4) is 0 Å². The number of ether oxygens (including phenoxy) is 1. The molecule has 0 aromatic heterocycles. The zero-order valence-corrected chi connectivity index (χ0v) is 10.5. The molecule has 15 heavy (non-hydrogen) atoms. The van der Waals surface area contributed by atoms with Gasteiger partial charge in [-0.1, -0.05) is 24.3 Å². The quantitative estimate of drug-likeness (QED) is 0.549. The predicted molar refractivity (Wildman–Crippen MR) is 65.5 cm³/mol. The van der Waals surface area contributed by atoms with Crippen molar-refractivity contribution in [1.82, 2.24) is 0 Å². The Morgan fingerprint density at radius 1 is 1.27 bits per heavy atom. The monoisotopic (exact) mass is 226 g/mol. The van der Waals surface area contributed by atoms with Crippen LogP contribution in [0.2, 0.25) is 0 Å². The molecule has 2 heteroatoms. The first-order valence-corrected chi connectivity index (χ1v) is 5.78. The van der Waals surface area contributed by atoms with Crippen molar-refractivity contribution in [2.24, 2.45) is 0 Å². The fraction of sp³-hybridized carbons (Fsp3) is 0.538. The molecule has 1 rings (SSSR count). The second-order valence-electron chi connectivity index (χ2n) is 4.08. The van der Waals surface area contributed by atoms with Crippen molar-refractivity contribution in [2.45, 2.75) is 32.1 Å². The molecule has 1 aromatic rings. The number of rotatable bonds is 5. The number of hydrogen-bond acceptors (Lipinski definition) is 1. The van der Waals surface area contributed by atoms with E-state index in [1.165, 1.54) is 11.1 Å². The van der Waals surface area contributed by atoms with Crippen molar-refractivity contribution in [1.29, 1.82) is 0 Å². The molecule has 0 aliphatic carbocycles. The van der Waals surface area contributed by atoms with Gasteiger partial charge in [-0.05, 0) is 38.3 Å². The molecule has 0 atom stereocenters. The van der Waals surface area contributed by atoms with Gasteiger partial charge in [0.2, 0.25) is 0 Å². The predicted octanol–water partition coefficient (Wildman–Crippen LogP) is 3.74. The summed E-state index contributed by atoms with van der Waals surface area (Å²) in [6, 6.07) is 8.30. The molecule has 1 aromatic carbocycles. The van der Waals surface area contributed by atoms with Crippen molar-refractivity contribution < 1.29 is 4.74 Å². The normalized spacial score (nSPS) is 11.7. The average Bonchev–Trinajstić information content (AvgIpc) is 2.17. The molecule has 0 spiro atoms. The summed E-state index contributed by atoms with van der Waals surface area (Å²) in [6.45, 7) is 7.59. The third kappa shape index (κ3) is 3.84. The molecule has 1 nitrogen and oxygen atoms in total. The van der Waals surface area contributed by atoms with E-state index in [-0.39, 0.29) is 4.87 Å². The molecule has 0 N–H and O–H groups in total. The van der Waals surface area contributed by atoms with Crippen LogP contribution in [0.4, 0.5) is 0 Å². The second kappa shape index (κ2) is 5.53. The summed E-state index contributed by atoms with van der Waals surface area (Å²) in [5.41, 5.74) is 2.48. The average molecular weight is 227 g/mol. The van der Waals surface area contributed by atoms with Crippen LogP contribution in [0.3, 0.4) is 0 Å². The molecular weight excluding hydrogens is 208 g/mol. The third-order valence-corrected chi connectivity index (χ3v) is 2.58. The lowest BCUT2D eigenvalue weighted by molar-refractivity contribution is 0.150. The van der Waals surface area contributed by atoms with Gasteiger partial charge in [-0.15, -0.1) is 11.6 Å². The smallest absolute Gasteiger partial charge is 0.0641 e. The molecule has 0 bridgehead atoms. The summed E-state index contributed by atoms with van der Waals surface area (Å²) in [5, 5.41) is 0. The van der Waals surface area contributed by atoms with Gasteiger partial charge >= 0.3 is 0 Å². The van der Waals surface area contributed by atoms with Gasteiger partial charge in [-0.3, -0.25) is 0 Å². The molecular formula is C13H19ClO.